The molecule has 0 rings (SSSR count). The quantitative estimate of drug-likeness (QED) is 0.643. The summed E-state index contributed by atoms with van der Waals surface area (Å²) in [5.41, 5.74) is 0. The molecule has 0 aromatic rings. The molecule has 0 aliphatic rings. The van der Waals surface area contributed by atoms with Gasteiger partial charge in [-0.3, -0.25) is 5.09 Å². The Labute approximate surface area is 61.2 Å². The van der Waals surface area contributed by atoms with E-state index < -0.39 is 7.29 Å². The summed E-state index contributed by atoms with van der Waals surface area (Å²) >= 11 is 1.73. The number of hydrogen-bond donors (Lipinski definition) is 1. The van der Waals surface area contributed by atoms with Crippen LogP contribution in [-0.2, 0) is 4.57 Å². The summed E-state index contributed by atoms with van der Waals surface area (Å²) in [6.07, 6.45) is 2.82. The monoisotopic (exact) mass is 167 g/mol. The maximum Gasteiger partial charge on any atom is 0.145 e. The van der Waals surface area contributed by atoms with Crippen molar-refractivity contribution in [2.75, 3.05) is 31.9 Å². The zero-order valence-electron chi connectivity index (χ0n) is 6.18. The fourth-order valence-corrected chi connectivity index (χ4v) is 2.72. The number of nitrogens with one attached hydrogen (secondary N) is 1. The van der Waals surface area contributed by atoms with Crippen molar-refractivity contribution < 1.29 is 4.57 Å². The minimum atomic E-state index is -1.96. The molecular weight excluding hydrogens is 153 g/mol. The number of rotatable bonds is 4. The fourth-order valence-electron chi connectivity index (χ4n) is 0.377. The number of thioether (sulfide) groups is 1. The predicted molar refractivity (Wildman–Crippen MR) is 45.8 cm³/mol. The van der Waals surface area contributed by atoms with Crippen molar-refractivity contribution in [1.29, 1.82) is 0 Å². The lowest BCUT2D eigenvalue weighted by Crippen LogP contribution is -2.06. The molecule has 0 heterocycles. The van der Waals surface area contributed by atoms with Gasteiger partial charge in [-0.15, -0.1) is 0 Å². The molecule has 0 bridgehead atoms. The molecule has 2 nitrogen and oxygen atoms in total. The summed E-state index contributed by atoms with van der Waals surface area (Å²) in [5.74, 6) is 0.981. The summed E-state index contributed by atoms with van der Waals surface area (Å²) in [7, 11) is -0.210. The van der Waals surface area contributed by atoms with Crippen LogP contribution in [0.1, 0.15) is 0 Å². The predicted octanol–water partition coefficient (Wildman–Crippen LogP) is 1.48. The third kappa shape index (κ3) is 5.01. The SMILES string of the molecule is CNP(C)(=O)CCSC. The molecule has 0 aliphatic heterocycles. The molecule has 1 unspecified atom stereocenters. The van der Waals surface area contributed by atoms with E-state index in [1.165, 1.54) is 0 Å². The molecule has 0 amide bonds. The summed E-state index contributed by atoms with van der Waals surface area (Å²) in [6.45, 7) is 1.78. The molecule has 0 spiro atoms. The minimum absolute atomic E-state index is 0.796. The first-order chi connectivity index (χ1) is 4.12. The van der Waals surface area contributed by atoms with Crippen LogP contribution in [0.5, 0.6) is 0 Å². The van der Waals surface area contributed by atoms with E-state index in [-0.39, 0.29) is 0 Å². The first-order valence-corrected chi connectivity index (χ1v) is 6.60. The molecule has 4 heteroatoms. The molecular formula is C5H14NOPS. The van der Waals surface area contributed by atoms with Gasteiger partial charge in [-0.1, -0.05) is 0 Å². The van der Waals surface area contributed by atoms with E-state index in [2.05, 4.69) is 5.09 Å². The first-order valence-electron chi connectivity index (χ1n) is 2.87. The van der Waals surface area contributed by atoms with Crippen LogP contribution >= 0.6 is 19.1 Å². The normalized spacial score (nSPS) is 17.2. The lowest BCUT2D eigenvalue weighted by Gasteiger charge is -2.08. The Morgan fingerprint density at radius 2 is 2.22 bits per heavy atom. The van der Waals surface area contributed by atoms with Gasteiger partial charge in [0.05, 0.1) is 0 Å². The van der Waals surface area contributed by atoms with Gasteiger partial charge in [0.25, 0.3) is 0 Å². The highest BCUT2D eigenvalue weighted by Crippen LogP contribution is 2.34. The van der Waals surface area contributed by atoms with Crippen LogP contribution in [0.4, 0.5) is 0 Å². The van der Waals surface area contributed by atoms with Crippen LogP contribution in [0.2, 0.25) is 0 Å². The van der Waals surface area contributed by atoms with Gasteiger partial charge in [0.1, 0.15) is 7.29 Å². The zero-order chi connectivity index (χ0) is 7.33. The van der Waals surface area contributed by atoms with Crippen LogP contribution in [0.25, 0.3) is 0 Å². The van der Waals surface area contributed by atoms with Crippen molar-refractivity contribution in [3.63, 3.8) is 0 Å². The van der Waals surface area contributed by atoms with E-state index in [0.29, 0.717) is 0 Å². The first kappa shape index (κ1) is 9.54. The lowest BCUT2D eigenvalue weighted by molar-refractivity contribution is 0.574. The Morgan fingerprint density at radius 1 is 1.67 bits per heavy atom. The maximum atomic E-state index is 11.2. The van der Waals surface area contributed by atoms with Gasteiger partial charge in [0, 0.05) is 18.6 Å². The molecule has 0 fully saturated rings. The van der Waals surface area contributed by atoms with Crippen LogP contribution in [-0.4, -0.2) is 31.9 Å². The summed E-state index contributed by atoms with van der Waals surface area (Å²) in [4.78, 5) is 0. The third-order valence-electron chi connectivity index (χ3n) is 1.20. The Balaban J connectivity index is 3.46. The van der Waals surface area contributed by atoms with Crippen LogP contribution in [0.15, 0.2) is 0 Å². The summed E-state index contributed by atoms with van der Waals surface area (Å²) in [5, 5.41) is 2.82. The van der Waals surface area contributed by atoms with Gasteiger partial charge < -0.3 is 4.57 Å². The van der Waals surface area contributed by atoms with Gasteiger partial charge in [-0.2, -0.15) is 11.8 Å². The standard InChI is InChI=1S/C5H14NOPS/c1-6-8(2,7)4-5-9-3/h4-5H2,1-3H3,(H,6,7). The van der Waals surface area contributed by atoms with E-state index >= 15 is 0 Å². The highest BCUT2D eigenvalue weighted by molar-refractivity contribution is 7.98. The molecule has 1 N–H and O–H groups in total. The van der Waals surface area contributed by atoms with Crippen LogP contribution in [0.3, 0.4) is 0 Å². The maximum absolute atomic E-state index is 11.2. The second-order valence-electron chi connectivity index (χ2n) is 2.04. The van der Waals surface area contributed by atoms with E-state index in [1.54, 1.807) is 25.5 Å². The third-order valence-corrected chi connectivity index (χ3v) is 4.13. The largest absolute Gasteiger partial charge is 0.307 e. The highest BCUT2D eigenvalue weighted by Gasteiger charge is 2.09. The number of hydrogen-bond acceptors (Lipinski definition) is 2. The van der Waals surface area contributed by atoms with Crippen molar-refractivity contribution in [3.8, 4) is 0 Å². The van der Waals surface area contributed by atoms with Gasteiger partial charge in [-0.25, -0.2) is 0 Å². The van der Waals surface area contributed by atoms with Crippen molar-refractivity contribution in [2.45, 2.75) is 0 Å². The van der Waals surface area contributed by atoms with Gasteiger partial charge in [0.15, 0.2) is 0 Å². The summed E-state index contributed by atoms with van der Waals surface area (Å²) in [6, 6.07) is 0. The molecule has 0 saturated heterocycles. The van der Waals surface area contributed by atoms with Crippen LogP contribution in [0, 0.1) is 0 Å². The van der Waals surface area contributed by atoms with Gasteiger partial charge in [-0.05, 0) is 13.3 Å². The molecule has 0 aromatic carbocycles. The zero-order valence-corrected chi connectivity index (χ0v) is 7.89. The average molecular weight is 167 g/mol. The van der Waals surface area contributed by atoms with Crippen molar-refractivity contribution in [3.05, 3.63) is 0 Å². The van der Waals surface area contributed by atoms with Crippen molar-refractivity contribution >= 4 is 19.1 Å². The highest BCUT2D eigenvalue weighted by atomic mass is 32.2. The Bertz CT molecular complexity index is 118. The smallest absolute Gasteiger partial charge is 0.145 e. The molecule has 0 radical (unpaired) electrons. The van der Waals surface area contributed by atoms with Gasteiger partial charge in [0.2, 0.25) is 0 Å². The van der Waals surface area contributed by atoms with Crippen molar-refractivity contribution in [2.24, 2.45) is 0 Å². The molecule has 0 aromatic heterocycles. The van der Waals surface area contributed by atoms with E-state index in [4.69, 9.17) is 0 Å². The topological polar surface area (TPSA) is 29.1 Å². The Kier molecular flexibility index (Phi) is 4.63. The Morgan fingerprint density at radius 3 is 2.56 bits per heavy atom. The molecule has 56 valence electrons. The fraction of sp³-hybridized carbons (Fsp3) is 1.00. The van der Waals surface area contributed by atoms with Gasteiger partial charge >= 0.3 is 0 Å². The molecule has 1 atom stereocenters. The lowest BCUT2D eigenvalue weighted by atomic mass is 11.0. The molecule has 0 saturated carbocycles. The summed E-state index contributed by atoms with van der Waals surface area (Å²) < 4.78 is 11.2. The second-order valence-corrected chi connectivity index (χ2v) is 6.12. The van der Waals surface area contributed by atoms with E-state index in [1.807, 2.05) is 6.26 Å². The van der Waals surface area contributed by atoms with Crippen molar-refractivity contribution in [1.82, 2.24) is 5.09 Å². The van der Waals surface area contributed by atoms with Crippen LogP contribution < -0.4 is 5.09 Å². The molecule has 9 heavy (non-hydrogen) atoms. The average Bonchev–Trinajstić information content (AvgIpc) is 1.84. The van der Waals surface area contributed by atoms with E-state index in [0.717, 1.165) is 11.9 Å². The Hall–Kier alpha value is 0.540. The minimum Gasteiger partial charge on any atom is -0.307 e. The van der Waals surface area contributed by atoms with E-state index in [9.17, 15) is 4.57 Å². The second kappa shape index (κ2) is 4.37. The molecule has 0 aliphatic carbocycles.